The van der Waals surface area contributed by atoms with E-state index in [9.17, 15) is 4.79 Å². The lowest BCUT2D eigenvalue weighted by Crippen LogP contribution is -2.58. The number of aromatic nitrogens is 3. The Balaban J connectivity index is 1.40. The van der Waals surface area contributed by atoms with Crippen molar-refractivity contribution in [2.75, 3.05) is 13.1 Å². The summed E-state index contributed by atoms with van der Waals surface area (Å²) < 4.78 is 1.97. The number of piperidine rings is 3. The molecule has 4 heterocycles. The second-order valence-corrected chi connectivity index (χ2v) is 10.4. The van der Waals surface area contributed by atoms with Gasteiger partial charge in [0.25, 0.3) is 0 Å². The first kappa shape index (κ1) is 21.0. The zero-order valence-corrected chi connectivity index (χ0v) is 18.9. The highest BCUT2D eigenvalue weighted by Crippen LogP contribution is 2.37. The molecule has 0 spiro atoms. The summed E-state index contributed by atoms with van der Waals surface area (Å²) in [6.07, 6.45) is 4.24. The van der Waals surface area contributed by atoms with Gasteiger partial charge in [-0.3, -0.25) is 14.4 Å². The van der Waals surface area contributed by atoms with Gasteiger partial charge in [0.2, 0.25) is 5.91 Å². The third-order valence-electron chi connectivity index (χ3n) is 6.63. The highest BCUT2D eigenvalue weighted by atomic mass is 16.2. The number of amides is 1. The van der Waals surface area contributed by atoms with Crippen LogP contribution in [0.25, 0.3) is 11.3 Å². The lowest BCUT2D eigenvalue weighted by molar-refractivity contribution is -0.133. The smallest absolute Gasteiger partial charge is 0.224 e. The molecule has 6 heteroatoms. The third kappa shape index (κ3) is 4.43. The number of carbonyl (C=O) groups is 1. The maximum absolute atomic E-state index is 12.5. The number of benzene rings is 1. The molecule has 3 fully saturated rings. The van der Waals surface area contributed by atoms with Crippen molar-refractivity contribution in [3.05, 3.63) is 36.0 Å². The monoisotopic (exact) mass is 409 g/mol. The van der Waals surface area contributed by atoms with Crippen molar-refractivity contribution in [2.45, 2.75) is 71.5 Å². The summed E-state index contributed by atoms with van der Waals surface area (Å²) in [7, 11) is 0. The molecule has 162 valence electrons. The first-order valence-electron chi connectivity index (χ1n) is 11.3. The maximum Gasteiger partial charge on any atom is 0.224 e. The Morgan fingerprint density at radius 2 is 1.97 bits per heavy atom. The highest BCUT2D eigenvalue weighted by molar-refractivity contribution is 5.79. The summed E-state index contributed by atoms with van der Waals surface area (Å²) in [4.78, 5) is 15.0. The second-order valence-electron chi connectivity index (χ2n) is 10.4. The van der Waals surface area contributed by atoms with Crippen LogP contribution in [-0.2, 0) is 16.8 Å². The van der Waals surface area contributed by atoms with Gasteiger partial charge >= 0.3 is 0 Å². The number of carbonyl (C=O) groups excluding carboxylic acids is 1. The van der Waals surface area contributed by atoms with Gasteiger partial charge in [-0.05, 0) is 50.1 Å². The molecule has 1 N–H and O–H groups in total. The van der Waals surface area contributed by atoms with E-state index in [1.165, 1.54) is 5.56 Å². The quantitative estimate of drug-likeness (QED) is 0.821. The van der Waals surface area contributed by atoms with Gasteiger partial charge in [-0.25, -0.2) is 0 Å². The van der Waals surface area contributed by atoms with Crippen molar-refractivity contribution in [2.24, 2.45) is 11.8 Å². The number of nitrogens with zero attached hydrogens (tertiary/aromatic N) is 4. The molecule has 4 atom stereocenters. The summed E-state index contributed by atoms with van der Waals surface area (Å²) in [5.74, 6) is 0.830. The van der Waals surface area contributed by atoms with E-state index in [4.69, 9.17) is 0 Å². The van der Waals surface area contributed by atoms with E-state index >= 15 is 0 Å². The molecule has 3 saturated heterocycles. The molecule has 0 radical (unpaired) electrons. The molecule has 2 aromatic rings. The van der Waals surface area contributed by atoms with Crippen LogP contribution in [0.1, 0.15) is 53.0 Å². The fourth-order valence-electron chi connectivity index (χ4n) is 4.89. The minimum atomic E-state index is 0.130. The van der Waals surface area contributed by atoms with Gasteiger partial charge in [0.15, 0.2) is 0 Å². The maximum atomic E-state index is 12.5. The molecule has 0 saturated carbocycles. The van der Waals surface area contributed by atoms with Crippen LogP contribution in [-0.4, -0.2) is 51.0 Å². The van der Waals surface area contributed by atoms with E-state index in [0.717, 1.165) is 43.7 Å². The van der Waals surface area contributed by atoms with Gasteiger partial charge in [0, 0.05) is 24.2 Å². The van der Waals surface area contributed by atoms with Crippen molar-refractivity contribution >= 4 is 5.91 Å². The zero-order chi connectivity index (χ0) is 21.5. The standard InChI is InChI=1S/C24H35N5O/c1-16(2)25-23(30)21-14-28-11-10-18(21)12-20(28)13-29-15-22(26-27-29)17-6-8-19(9-7-17)24(3,4)5/h6-9,15-16,18,20-21H,10-14H2,1-5H3,(H,25,30)/t18?,20-,21+/m1/s1. The van der Waals surface area contributed by atoms with Crippen LogP contribution < -0.4 is 5.32 Å². The Morgan fingerprint density at radius 1 is 1.23 bits per heavy atom. The van der Waals surface area contributed by atoms with E-state index < -0.39 is 0 Å². The molecule has 2 bridgehead atoms. The molecular weight excluding hydrogens is 374 g/mol. The van der Waals surface area contributed by atoms with Crippen molar-refractivity contribution in [1.29, 1.82) is 0 Å². The lowest BCUT2D eigenvalue weighted by atomic mass is 9.75. The van der Waals surface area contributed by atoms with E-state index in [1.807, 2.05) is 18.5 Å². The summed E-state index contributed by atoms with van der Waals surface area (Å²) in [6, 6.07) is 9.28. The van der Waals surface area contributed by atoms with Crippen molar-refractivity contribution in [3.8, 4) is 11.3 Å². The van der Waals surface area contributed by atoms with E-state index in [0.29, 0.717) is 12.0 Å². The molecule has 2 unspecified atom stereocenters. The van der Waals surface area contributed by atoms with Crippen molar-refractivity contribution in [3.63, 3.8) is 0 Å². The van der Waals surface area contributed by atoms with Crippen LogP contribution in [0.3, 0.4) is 0 Å². The fraction of sp³-hybridized carbons (Fsp3) is 0.625. The molecule has 5 rings (SSSR count). The Kier molecular flexibility index (Phi) is 5.71. The lowest BCUT2D eigenvalue weighted by Gasteiger charge is -2.49. The summed E-state index contributed by atoms with van der Waals surface area (Å²) >= 11 is 0. The molecule has 1 aromatic heterocycles. The zero-order valence-electron chi connectivity index (χ0n) is 18.9. The van der Waals surface area contributed by atoms with E-state index in [1.54, 1.807) is 0 Å². The summed E-state index contributed by atoms with van der Waals surface area (Å²) in [5, 5.41) is 11.9. The van der Waals surface area contributed by atoms with Crippen molar-refractivity contribution in [1.82, 2.24) is 25.2 Å². The van der Waals surface area contributed by atoms with Gasteiger partial charge in [-0.2, -0.15) is 0 Å². The minimum Gasteiger partial charge on any atom is -0.354 e. The molecule has 30 heavy (non-hydrogen) atoms. The Bertz CT molecular complexity index is 880. The van der Waals surface area contributed by atoms with E-state index in [-0.39, 0.29) is 23.3 Å². The number of rotatable bonds is 5. The van der Waals surface area contributed by atoms with Gasteiger partial charge < -0.3 is 5.32 Å². The number of nitrogens with one attached hydrogen (secondary N) is 1. The minimum absolute atomic E-state index is 0.130. The van der Waals surface area contributed by atoms with Crippen LogP contribution in [0.15, 0.2) is 30.5 Å². The fourth-order valence-corrected chi connectivity index (χ4v) is 4.89. The number of hydrogen-bond acceptors (Lipinski definition) is 4. The first-order chi connectivity index (χ1) is 14.2. The first-order valence-corrected chi connectivity index (χ1v) is 11.3. The van der Waals surface area contributed by atoms with Crippen LogP contribution in [0.4, 0.5) is 0 Å². The van der Waals surface area contributed by atoms with Crippen LogP contribution in [0, 0.1) is 11.8 Å². The molecule has 6 nitrogen and oxygen atoms in total. The topological polar surface area (TPSA) is 63.1 Å². The van der Waals surface area contributed by atoms with Crippen LogP contribution in [0.2, 0.25) is 0 Å². The number of hydrogen-bond donors (Lipinski definition) is 1. The van der Waals surface area contributed by atoms with Crippen LogP contribution in [0.5, 0.6) is 0 Å². The summed E-state index contributed by atoms with van der Waals surface area (Å²) in [6.45, 7) is 13.5. The Labute approximate surface area is 180 Å². The average Bonchev–Trinajstić information content (AvgIpc) is 3.16. The molecule has 1 aromatic carbocycles. The normalized spacial score (nSPS) is 26.2. The highest BCUT2D eigenvalue weighted by Gasteiger charge is 2.43. The SMILES string of the molecule is CC(C)NC(=O)[C@H]1CN2CCC1C[C@@H]2Cn1cc(-c2ccc(C(C)(C)C)cc2)nn1. The van der Waals surface area contributed by atoms with Gasteiger partial charge in [0.1, 0.15) is 5.69 Å². The van der Waals surface area contributed by atoms with Crippen LogP contribution >= 0.6 is 0 Å². The van der Waals surface area contributed by atoms with Gasteiger partial charge in [-0.1, -0.05) is 50.3 Å². The molecule has 0 aliphatic carbocycles. The van der Waals surface area contributed by atoms with Crippen molar-refractivity contribution < 1.29 is 4.79 Å². The molecule has 1 amide bonds. The average molecular weight is 410 g/mol. The Hall–Kier alpha value is -2.21. The largest absolute Gasteiger partial charge is 0.354 e. The summed E-state index contributed by atoms with van der Waals surface area (Å²) in [5.41, 5.74) is 3.49. The molecule has 3 aliphatic rings. The predicted octanol–water partition coefficient (Wildman–Crippen LogP) is 3.48. The predicted molar refractivity (Wildman–Crippen MR) is 119 cm³/mol. The third-order valence-corrected chi connectivity index (χ3v) is 6.63. The van der Waals surface area contributed by atoms with E-state index in [2.05, 4.69) is 71.8 Å². The Morgan fingerprint density at radius 3 is 2.57 bits per heavy atom. The molecular formula is C24H35N5O. The second kappa shape index (κ2) is 8.14. The van der Waals surface area contributed by atoms with Gasteiger partial charge in [-0.15, -0.1) is 5.10 Å². The van der Waals surface area contributed by atoms with Gasteiger partial charge in [0.05, 0.1) is 18.7 Å². The number of fused-ring (bicyclic) bond motifs is 3. The molecule has 3 aliphatic heterocycles.